The molecule has 3 nitrogen and oxygen atoms in total. The van der Waals surface area contributed by atoms with Crippen LogP contribution >= 0.6 is 58.0 Å². The van der Waals surface area contributed by atoms with Crippen molar-refractivity contribution in [1.29, 1.82) is 0 Å². The Morgan fingerprint density at radius 2 is 1.89 bits per heavy atom. The van der Waals surface area contributed by atoms with Gasteiger partial charge in [-0.1, -0.05) is 58.0 Å². The van der Waals surface area contributed by atoms with E-state index in [2.05, 4.69) is 5.32 Å². The number of carbonyl (C=O) groups is 1. The number of halogens is 5. The highest BCUT2D eigenvalue weighted by molar-refractivity contribution is 6.67. The summed E-state index contributed by atoms with van der Waals surface area (Å²) < 4.78 is -1.52. The van der Waals surface area contributed by atoms with E-state index >= 15 is 0 Å². The molecule has 0 aliphatic carbocycles. The van der Waals surface area contributed by atoms with Crippen LogP contribution in [0.4, 0.5) is 10.5 Å². The van der Waals surface area contributed by atoms with Gasteiger partial charge in [0.2, 0.25) is 3.79 Å². The van der Waals surface area contributed by atoms with Crippen LogP contribution in [0.2, 0.25) is 10.0 Å². The third-order valence-corrected chi connectivity index (χ3v) is 3.03. The van der Waals surface area contributed by atoms with Crippen molar-refractivity contribution in [3.8, 4) is 0 Å². The summed E-state index contributed by atoms with van der Waals surface area (Å²) >= 11 is 28.4. The van der Waals surface area contributed by atoms with Crippen LogP contribution in [0.1, 0.15) is 0 Å². The average molecular weight is 350 g/mol. The molecule has 0 unspecified atom stereocenters. The highest BCUT2D eigenvalue weighted by Crippen LogP contribution is 2.27. The van der Waals surface area contributed by atoms with Gasteiger partial charge in [0.1, 0.15) is 0 Å². The number of nitrogens with zero attached hydrogens (tertiary/aromatic N) is 1. The zero-order chi connectivity index (χ0) is 13.9. The molecule has 1 N–H and O–H groups in total. The van der Waals surface area contributed by atoms with Gasteiger partial charge in [0.15, 0.2) is 0 Å². The standard InChI is InChI=1S/C10H9Cl5N2O/c1-17(5-10(13,14)15)9(18)16-6-2-3-7(11)8(12)4-6/h2-4H,5H2,1H3,(H,16,18). The van der Waals surface area contributed by atoms with Crippen LogP contribution in [0.15, 0.2) is 18.2 Å². The second kappa shape index (κ2) is 6.40. The first kappa shape index (κ1) is 16.0. The molecule has 1 rings (SSSR count). The molecule has 0 saturated heterocycles. The topological polar surface area (TPSA) is 32.3 Å². The number of anilines is 1. The highest BCUT2D eigenvalue weighted by atomic mass is 35.6. The van der Waals surface area contributed by atoms with Crippen molar-refractivity contribution < 1.29 is 4.79 Å². The molecule has 2 amide bonds. The van der Waals surface area contributed by atoms with Gasteiger partial charge in [-0.3, -0.25) is 0 Å². The minimum absolute atomic E-state index is 0.0369. The summed E-state index contributed by atoms with van der Waals surface area (Å²) in [7, 11) is 1.51. The molecular weight excluding hydrogens is 341 g/mol. The number of amides is 2. The largest absolute Gasteiger partial charge is 0.323 e. The van der Waals surface area contributed by atoms with Crippen molar-refractivity contribution >= 4 is 69.7 Å². The number of carbonyl (C=O) groups excluding carboxylic acids is 1. The van der Waals surface area contributed by atoms with E-state index in [1.807, 2.05) is 0 Å². The first-order chi connectivity index (χ1) is 8.19. The normalized spacial score (nSPS) is 11.2. The van der Waals surface area contributed by atoms with E-state index in [1.54, 1.807) is 12.1 Å². The monoisotopic (exact) mass is 348 g/mol. The minimum atomic E-state index is -1.52. The van der Waals surface area contributed by atoms with E-state index in [0.717, 1.165) is 0 Å². The maximum atomic E-state index is 11.7. The predicted molar refractivity (Wildman–Crippen MR) is 78.4 cm³/mol. The predicted octanol–water partition coefficient (Wildman–Crippen LogP) is 4.83. The summed E-state index contributed by atoms with van der Waals surface area (Å²) in [4.78, 5) is 13.0. The molecule has 0 atom stereocenters. The fourth-order valence-electron chi connectivity index (χ4n) is 1.13. The first-order valence-corrected chi connectivity index (χ1v) is 6.62. The van der Waals surface area contributed by atoms with Gasteiger partial charge in [-0.15, -0.1) is 0 Å². The molecule has 1 aromatic rings. The van der Waals surface area contributed by atoms with E-state index in [0.29, 0.717) is 15.7 Å². The number of rotatable bonds is 2. The average Bonchev–Trinajstić information content (AvgIpc) is 2.21. The van der Waals surface area contributed by atoms with Crippen LogP contribution in [0, 0.1) is 0 Å². The Kier molecular flexibility index (Phi) is 5.68. The quantitative estimate of drug-likeness (QED) is 0.762. The molecular formula is C10H9Cl5N2O. The summed E-state index contributed by atoms with van der Waals surface area (Å²) in [6.45, 7) is -0.0369. The van der Waals surface area contributed by atoms with E-state index in [-0.39, 0.29) is 6.54 Å². The second-order valence-electron chi connectivity index (χ2n) is 3.53. The van der Waals surface area contributed by atoms with Crippen LogP contribution in [0.5, 0.6) is 0 Å². The van der Waals surface area contributed by atoms with E-state index in [4.69, 9.17) is 58.0 Å². The lowest BCUT2D eigenvalue weighted by Gasteiger charge is -2.22. The van der Waals surface area contributed by atoms with Gasteiger partial charge in [-0.25, -0.2) is 4.79 Å². The molecule has 0 spiro atoms. The van der Waals surface area contributed by atoms with E-state index < -0.39 is 9.82 Å². The molecule has 0 fully saturated rings. The molecule has 100 valence electrons. The zero-order valence-corrected chi connectivity index (χ0v) is 13.0. The SMILES string of the molecule is CN(CC(Cl)(Cl)Cl)C(=O)Nc1ccc(Cl)c(Cl)c1. The van der Waals surface area contributed by atoms with Crippen LogP contribution in [-0.4, -0.2) is 28.3 Å². The van der Waals surface area contributed by atoms with Crippen LogP contribution in [0.3, 0.4) is 0 Å². The summed E-state index contributed by atoms with van der Waals surface area (Å²) in [5, 5.41) is 3.35. The number of urea groups is 1. The summed E-state index contributed by atoms with van der Waals surface area (Å²) in [5.74, 6) is 0. The molecule has 0 aliphatic heterocycles. The number of nitrogens with one attached hydrogen (secondary N) is 1. The summed E-state index contributed by atoms with van der Waals surface area (Å²) in [6.07, 6.45) is 0. The first-order valence-electron chi connectivity index (χ1n) is 4.73. The lowest BCUT2D eigenvalue weighted by Crippen LogP contribution is -2.37. The van der Waals surface area contributed by atoms with Gasteiger partial charge < -0.3 is 10.2 Å². The maximum absolute atomic E-state index is 11.7. The minimum Gasteiger partial charge on any atom is -0.323 e. The fraction of sp³-hybridized carbons (Fsp3) is 0.300. The number of alkyl halides is 3. The van der Waals surface area contributed by atoms with Gasteiger partial charge in [0, 0.05) is 12.7 Å². The van der Waals surface area contributed by atoms with Crippen molar-refractivity contribution in [2.45, 2.75) is 3.79 Å². The summed E-state index contributed by atoms with van der Waals surface area (Å²) in [6, 6.07) is 4.31. The van der Waals surface area contributed by atoms with Gasteiger partial charge in [-0.2, -0.15) is 0 Å². The van der Waals surface area contributed by atoms with Crippen molar-refractivity contribution in [2.24, 2.45) is 0 Å². The lowest BCUT2D eigenvalue weighted by atomic mass is 10.3. The van der Waals surface area contributed by atoms with Gasteiger partial charge in [-0.05, 0) is 18.2 Å². The van der Waals surface area contributed by atoms with Crippen LogP contribution < -0.4 is 5.32 Å². The Balaban J connectivity index is 2.67. The zero-order valence-electron chi connectivity index (χ0n) is 9.18. The Labute approximate surface area is 130 Å². The molecule has 0 aliphatic rings. The van der Waals surface area contributed by atoms with Crippen molar-refractivity contribution in [1.82, 2.24) is 4.90 Å². The Morgan fingerprint density at radius 3 is 2.39 bits per heavy atom. The van der Waals surface area contributed by atoms with Gasteiger partial charge >= 0.3 is 6.03 Å². The van der Waals surface area contributed by atoms with Crippen molar-refractivity contribution in [2.75, 3.05) is 18.9 Å². The second-order valence-corrected chi connectivity index (χ2v) is 6.86. The van der Waals surface area contributed by atoms with Gasteiger partial charge in [0.05, 0.1) is 16.6 Å². The third kappa shape index (κ3) is 5.29. The summed E-state index contributed by atoms with van der Waals surface area (Å²) in [5.41, 5.74) is 0.505. The molecule has 0 saturated carbocycles. The molecule has 18 heavy (non-hydrogen) atoms. The Bertz CT molecular complexity index is 446. The molecule has 0 bridgehead atoms. The number of benzene rings is 1. The molecule has 0 radical (unpaired) electrons. The molecule has 0 heterocycles. The van der Waals surface area contributed by atoms with Crippen molar-refractivity contribution in [3.05, 3.63) is 28.2 Å². The number of hydrogen-bond acceptors (Lipinski definition) is 1. The maximum Gasteiger partial charge on any atom is 0.321 e. The van der Waals surface area contributed by atoms with Crippen molar-refractivity contribution in [3.63, 3.8) is 0 Å². The van der Waals surface area contributed by atoms with E-state index in [9.17, 15) is 4.79 Å². The van der Waals surface area contributed by atoms with E-state index in [1.165, 1.54) is 18.0 Å². The van der Waals surface area contributed by atoms with Crippen LogP contribution in [0.25, 0.3) is 0 Å². The van der Waals surface area contributed by atoms with Gasteiger partial charge in [0.25, 0.3) is 0 Å². The Morgan fingerprint density at radius 1 is 1.28 bits per heavy atom. The molecule has 0 aromatic heterocycles. The molecule has 8 heteroatoms. The lowest BCUT2D eigenvalue weighted by molar-refractivity contribution is 0.223. The third-order valence-electron chi connectivity index (χ3n) is 1.93. The fourth-order valence-corrected chi connectivity index (χ4v) is 1.97. The molecule has 1 aromatic carbocycles. The van der Waals surface area contributed by atoms with Crippen LogP contribution in [-0.2, 0) is 0 Å². The smallest absolute Gasteiger partial charge is 0.321 e. The highest BCUT2D eigenvalue weighted by Gasteiger charge is 2.24. The Hall–Kier alpha value is -0.0600. The number of hydrogen-bond donors (Lipinski definition) is 1.